The van der Waals surface area contributed by atoms with Crippen LogP contribution in [0.3, 0.4) is 0 Å². The highest BCUT2D eigenvalue weighted by atomic mass is 79.9. The third-order valence-corrected chi connectivity index (χ3v) is 6.97. The Morgan fingerprint density at radius 2 is 2.03 bits per heavy atom. The number of benzene rings is 2. The predicted octanol–water partition coefficient (Wildman–Crippen LogP) is 5.80. The highest BCUT2D eigenvalue weighted by Crippen LogP contribution is 2.52. The lowest BCUT2D eigenvalue weighted by Gasteiger charge is -2.50. The second kappa shape index (κ2) is 8.83. The third kappa shape index (κ3) is 4.46. The summed E-state index contributed by atoms with van der Waals surface area (Å²) in [4.78, 5) is 12.2. The minimum Gasteiger partial charge on any atom is -0.494 e. The molecule has 0 radical (unpaired) electrons. The van der Waals surface area contributed by atoms with Crippen molar-refractivity contribution in [2.24, 2.45) is 11.8 Å². The van der Waals surface area contributed by atoms with Crippen LogP contribution in [0.4, 0.5) is 0 Å². The molecule has 1 fully saturated rings. The molecule has 2 aliphatic rings. The van der Waals surface area contributed by atoms with Gasteiger partial charge in [0.15, 0.2) is 0 Å². The molecule has 1 N–H and O–H groups in total. The van der Waals surface area contributed by atoms with E-state index in [-0.39, 0.29) is 18.1 Å². The Morgan fingerprint density at radius 3 is 2.77 bits per heavy atom. The summed E-state index contributed by atoms with van der Waals surface area (Å²) in [7, 11) is 0. The van der Waals surface area contributed by atoms with E-state index in [0.29, 0.717) is 25.9 Å². The van der Waals surface area contributed by atoms with Crippen molar-refractivity contribution in [1.29, 1.82) is 0 Å². The summed E-state index contributed by atoms with van der Waals surface area (Å²) in [5.74, 6) is 0.243. The first-order valence-corrected chi connectivity index (χ1v) is 11.7. The van der Waals surface area contributed by atoms with E-state index in [9.17, 15) is 9.90 Å². The van der Waals surface area contributed by atoms with E-state index in [1.165, 1.54) is 0 Å². The molecule has 5 nitrogen and oxygen atoms in total. The number of ether oxygens (including phenoxy) is 3. The van der Waals surface area contributed by atoms with Gasteiger partial charge in [-0.05, 0) is 69.9 Å². The van der Waals surface area contributed by atoms with Gasteiger partial charge in [-0.15, -0.1) is 0 Å². The molecule has 0 saturated carbocycles. The molecule has 1 saturated heterocycles. The lowest BCUT2D eigenvalue weighted by atomic mass is 9.71. The number of hydrogen-bond acceptors (Lipinski definition) is 4. The number of aryl methyl sites for hydroxylation is 1. The molecule has 4 rings (SSSR count). The van der Waals surface area contributed by atoms with Crippen LogP contribution >= 0.6 is 15.9 Å². The minimum absolute atomic E-state index is 0.0395. The zero-order valence-corrected chi connectivity index (χ0v) is 19.7. The van der Waals surface area contributed by atoms with Crippen LogP contribution in [-0.2, 0) is 16.0 Å². The van der Waals surface area contributed by atoms with Gasteiger partial charge in [0.1, 0.15) is 17.1 Å². The summed E-state index contributed by atoms with van der Waals surface area (Å²) in [6.45, 7) is 6.61. The number of rotatable bonds is 6. The zero-order chi connectivity index (χ0) is 22.2. The highest BCUT2D eigenvalue weighted by Gasteiger charge is 2.51. The summed E-state index contributed by atoms with van der Waals surface area (Å²) in [6.07, 6.45) is 1.27. The average molecular weight is 489 g/mol. The maximum absolute atomic E-state index is 12.2. The Labute approximate surface area is 191 Å². The van der Waals surface area contributed by atoms with Crippen LogP contribution in [0.1, 0.15) is 50.8 Å². The summed E-state index contributed by atoms with van der Waals surface area (Å²) in [5, 5.41) is 9.99. The molecule has 0 amide bonds. The maximum atomic E-state index is 12.2. The van der Waals surface area contributed by atoms with E-state index in [1.54, 1.807) is 0 Å². The van der Waals surface area contributed by atoms with Crippen LogP contribution in [0, 0.1) is 11.8 Å². The molecule has 166 valence electrons. The van der Waals surface area contributed by atoms with Crippen molar-refractivity contribution < 1.29 is 24.1 Å². The fourth-order valence-electron chi connectivity index (χ4n) is 4.89. The second-order valence-electron chi connectivity index (χ2n) is 8.85. The first-order chi connectivity index (χ1) is 14.8. The van der Waals surface area contributed by atoms with Gasteiger partial charge in [0.25, 0.3) is 0 Å². The average Bonchev–Trinajstić information content (AvgIpc) is 2.73. The normalized spacial score (nSPS) is 26.3. The van der Waals surface area contributed by atoms with Gasteiger partial charge in [0, 0.05) is 16.0 Å². The van der Waals surface area contributed by atoms with E-state index in [2.05, 4.69) is 15.9 Å². The van der Waals surface area contributed by atoms with Gasteiger partial charge in [-0.2, -0.15) is 0 Å². The van der Waals surface area contributed by atoms with Crippen LogP contribution in [0.2, 0.25) is 0 Å². The lowest BCUT2D eigenvalue weighted by Crippen LogP contribution is -2.52. The predicted molar refractivity (Wildman–Crippen MR) is 122 cm³/mol. The molecule has 0 aliphatic carbocycles. The Kier molecular flexibility index (Phi) is 6.31. The van der Waals surface area contributed by atoms with Gasteiger partial charge in [-0.1, -0.05) is 34.1 Å². The number of carbonyl (C=O) groups is 1. The van der Waals surface area contributed by atoms with Crippen molar-refractivity contribution >= 4 is 21.9 Å². The number of carboxylic acids is 1. The first-order valence-electron chi connectivity index (χ1n) is 10.9. The number of halogens is 1. The van der Waals surface area contributed by atoms with Crippen molar-refractivity contribution in [3.8, 4) is 11.5 Å². The van der Waals surface area contributed by atoms with Crippen LogP contribution in [0.25, 0.3) is 0 Å². The lowest BCUT2D eigenvalue weighted by molar-refractivity contribution is -0.188. The molecule has 4 atom stereocenters. The number of carboxylic acid groups (broad SMARTS) is 1. The molecule has 0 aromatic heterocycles. The quantitative estimate of drug-likeness (QED) is 0.556. The van der Waals surface area contributed by atoms with Gasteiger partial charge in [0.05, 0.1) is 24.7 Å². The van der Waals surface area contributed by atoms with Gasteiger partial charge in [0.2, 0.25) is 0 Å². The van der Waals surface area contributed by atoms with Crippen LogP contribution in [0.5, 0.6) is 11.5 Å². The van der Waals surface area contributed by atoms with Gasteiger partial charge >= 0.3 is 5.97 Å². The molecule has 0 spiro atoms. The van der Waals surface area contributed by atoms with Crippen LogP contribution < -0.4 is 9.47 Å². The van der Waals surface area contributed by atoms with Crippen molar-refractivity contribution in [1.82, 2.24) is 0 Å². The number of hydrogen-bond donors (Lipinski definition) is 1. The molecular weight excluding hydrogens is 460 g/mol. The van der Waals surface area contributed by atoms with Crippen LogP contribution in [-0.4, -0.2) is 29.4 Å². The fourth-order valence-corrected chi connectivity index (χ4v) is 5.27. The Hall–Kier alpha value is -2.05. The zero-order valence-electron chi connectivity index (χ0n) is 18.1. The number of aliphatic carboxylic acids is 1. The maximum Gasteiger partial charge on any atom is 0.309 e. The summed E-state index contributed by atoms with van der Waals surface area (Å²) >= 11 is 3.55. The second-order valence-corrected chi connectivity index (χ2v) is 9.76. The highest BCUT2D eigenvalue weighted by molar-refractivity contribution is 9.10. The summed E-state index contributed by atoms with van der Waals surface area (Å²) in [6, 6.07) is 13.9. The molecule has 2 aromatic carbocycles. The van der Waals surface area contributed by atoms with E-state index in [0.717, 1.165) is 27.1 Å². The van der Waals surface area contributed by atoms with Crippen molar-refractivity contribution in [2.75, 3.05) is 6.61 Å². The standard InChI is InChI=1S/C25H29BrO5/c1-4-29-20-8-6-5-7-15(20)9-11-21-18(24(27)28)14-19-23(30-21)17-13-16(26)10-12-22(17)31-25(19,2)3/h5-8,10,12-13,18-19,21,23H,4,9,11,14H2,1-3H3,(H,27,28)/t18-,19+,21+,23-/m1/s1. The summed E-state index contributed by atoms with van der Waals surface area (Å²) < 4.78 is 19.6. The topological polar surface area (TPSA) is 65.0 Å². The molecule has 31 heavy (non-hydrogen) atoms. The number of para-hydroxylation sites is 1. The van der Waals surface area contributed by atoms with Crippen molar-refractivity contribution in [2.45, 2.75) is 57.8 Å². The smallest absolute Gasteiger partial charge is 0.309 e. The van der Waals surface area contributed by atoms with Crippen molar-refractivity contribution in [3.63, 3.8) is 0 Å². The Bertz CT molecular complexity index is 957. The molecular formula is C25H29BrO5. The SMILES string of the molecule is CCOc1ccccc1CC[C@@H]1O[C@@H]2c3cc(Br)ccc3OC(C)(C)[C@H]2C[C@H]1C(=O)O. The molecule has 0 bridgehead atoms. The van der Waals surface area contributed by atoms with E-state index in [1.807, 2.05) is 63.2 Å². The monoisotopic (exact) mass is 488 g/mol. The minimum atomic E-state index is -0.808. The summed E-state index contributed by atoms with van der Waals surface area (Å²) in [5.41, 5.74) is 1.56. The molecule has 2 aliphatic heterocycles. The van der Waals surface area contributed by atoms with Crippen LogP contribution in [0.15, 0.2) is 46.9 Å². The van der Waals surface area contributed by atoms with Gasteiger partial charge in [-0.25, -0.2) is 0 Å². The largest absolute Gasteiger partial charge is 0.494 e. The van der Waals surface area contributed by atoms with Crippen molar-refractivity contribution in [3.05, 3.63) is 58.1 Å². The third-order valence-electron chi connectivity index (χ3n) is 6.48. The van der Waals surface area contributed by atoms with E-state index >= 15 is 0 Å². The van der Waals surface area contributed by atoms with Gasteiger partial charge in [-0.3, -0.25) is 4.79 Å². The van der Waals surface area contributed by atoms with E-state index in [4.69, 9.17) is 14.2 Å². The number of fused-ring (bicyclic) bond motifs is 3. The Morgan fingerprint density at radius 1 is 1.26 bits per heavy atom. The molecule has 2 aromatic rings. The molecule has 6 heteroatoms. The van der Waals surface area contributed by atoms with E-state index < -0.39 is 17.5 Å². The van der Waals surface area contributed by atoms with Gasteiger partial charge < -0.3 is 19.3 Å². The molecule has 2 heterocycles. The fraction of sp³-hybridized carbons (Fsp3) is 0.480. The Balaban J connectivity index is 1.61. The molecule has 0 unspecified atom stereocenters. The first kappa shape index (κ1) is 22.2.